The Labute approximate surface area is 95.2 Å². The van der Waals surface area contributed by atoms with Gasteiger partial charge in [-0.15, -0.1) is 0 Å². The first-order valence-corrected chi connectivity index (χ1v) is 5.73. The number of halogens is 1. The maximum atomic E-state index is 5.78. The zero-order valence-corrected chi connectivity index (χ0v) is 9.59. The van der Waals surface area contributed by atoms with E-state index in [1.165, 1.54) is 0 Å². The fourth-order valence-corrected chi connectivity index (χ4v) is 2.05. The van der Waals surface area contributed by atoms with E-state index in [9.17, 15) is 0 Å². The number of anilines is 1. The quantitative estimate of drug-likeness (QED) is 0.811. The Bertz CT molecular complexity index is 312. The summed E-state index contributed by atoms with van der Waals surface area (Å²) in [6.07, 6.45) is 3.97. The fourth-order valence-electron chi connectivity index (χ4n) is 1.93. The molecule has 0 spiro atoms. The summed E-state index contributed by atoms with van der Waals surface area (Å²) in [5.41, 5.74) is 0. The molecule has 0 radical (unpaired) electrons. The van der Waals surface area contributed by atoms with E-state index in [1.807, 2.05) is 12.1 Å². The Morgan fingerprint density at radius 3 is 3.07 bits per heavy atom. The highest BCUT2D eigenvalue weighted by atomic mass is 35.5. The van der Waals surface area contributed by atoms with Crippen LogP contribution in [0.5, 0.6) is 0 Å². The first-order chi connectivity index (χ1) is 7.24. The lowest BCUT2D eigenvalue weighted by Gasteiger charge is -2.28. The predicted octanol–water partition coefficient (Wildman–Crippen LogP) is 2.29. The highest BCUT2D eigenvalue weighted by Gasteiger charge is 2.17. The monoisotopic (exact) mass is 225 g/mol. The molecule has 1 aliphatic heterocycles. The van der Waals surface area contributed by atoms with E-state index in [0.29, 0.717) is 17.1 Å². The molecule has 1 aromatic heterocycles. The summed E-state index contributed by atoms with van der Waals surface area (Å²) in [7, 11) is 0. The number of hydrogen-bond donors (Lipinski definition) is 2. The number of nitrogens with zero attached hydrogens (tertiary/aromatic N) is 1. The van der Waals surface area contributed by atoms with Gasteiger partial charge >= 0.3 is 0 Å². The molecule has 0 bridgehead atoms. The van der Waals surface area contributed by atoms with Crippen molar-refractivity contribution in [3.05, 3.63) is 23.4 Å². The number of pyridine rings is 1. The van der Waals surface area contributed by atoms with Crippen LogP contribution in [0.25, 0.3) is 0 Å². The van der Waals surface area contributed by atoms with Gasteiger partial charge in [-0.1, -0.05) is 11.6 Å². The topological polar surface area (TPSA) is 37.0 Å². The Morgan fingerprint density at radius 2 is 2.40 bits per heavy atom. The van der Waals surface area contributed by atoms with E-state index in [2.05, 4.69) is 22.5 Å². The van der Waals surface area contributed by atoms with Crippen LogP contribution in [0.4, 0.5) is 5.82 Å². The number of rotatable bonds is 2. The molecule has 4 heteroatoms. The standard InChI is InChI=1S/C11H16ClN3/c1-8-6-10(4-5-13-8)15-11-3-2-9(12)7-14-11/h2-3,7-8,10,13H,4-6H2,1H3,(H,14,15). The third kappa shape index (κ3) is 3.08. The van der Waals surface area contributed by atoms with Gasteiger partial charge in [0.1, 0.15) is 5.82 Å². The molecule has 15 heavy (non-hydrogen) atoms. The Kier molecular flexibility index (Phi) is 3.44. The van der Waals surface area contributed by atoms with Gasteiger partial charge in [-0.2, -0.15) is 0 Å². The predicted molar refractivity (Wildman–Crippen MR) is 63.4 cm³/mol. The van der Waals surface area contributed by atoms with Crippen LogP contribution in [0.2, 0.25) is 5.02 Å². The molecular formula is C11H16ClN3. The van der Waals surface area contributed by atoms with Gasteiger partial charge in [-0.05, 0) is 38.4 Å². The lowest BCUT2D eigenvalue weighted by atomic mass is 10.0. The van der Waals surface area contributed by atoms with Crippen molar-refractivity contribution in [3.8, 4) is 0 Å². The number of piperidine rings is 1. The van der Waals surface area contributed by atoms with Gasteiger partial charge < -0.3 is 10.6 Å². The molecule has 1 fully saturated rings. The summed E-state index contributed by atoms with van der Waals surface area (Å²) < 4.78 is 0. The summed E-state index contributed by atoms with van der Waals surface area (Å²) in [4.78, 5) is 4.23. The van der Waals surface area contributed by atoms with E-state index < -0.39 is 0 Å². The molecule has 2 atom stereocenters. The highest BCUT2D eigenvalue weighted by Crippen LogP contribution is 2.15. The minimum atomic E-state index is 0.523. The van der Waals surface area contributed by atoms with Crippen molar-refractivity contribution in [2.75, 3.05) is 11.9 Å². The van der Waals surface area contributed by atoms with Crippen molar-refractivity contribution in [1.82, 2.24) is 10.3 Å². The van der Waals surface area contributed by atoms with Crippen LogP contribution in [0.1, 0.15) is 19.8 Å². The largest absolute Gasteiger partial charge is 0.367 e. The van der Waals surface area contributed by atoms with E-state index in [-0.39, 0.29) is 0 Å². The Morgan fingerprint density at radius 1 is 1.53 bits per heavy atom. The maximum Gasteiger partial charge on any atom is 0.126 e. The van der Waals surface area contributed by atoms with Crippen LogP contribution < -0.4 is 10.6 Å². The zero-order chi connectivity index (χ0) is 10.7. The van der Waals surface area contributed by atoms with Gasteiger partial charge in [-0.25, -0.2) is 4.98 Å². The molecule has 1 aliphatic rings. The van der Waals surface area contributed by atoms with Crippen molar-refractivity contribution in [1.29, 1.82) is 0 Å². The summed E-state index contributed by atoms with van der Waals surface area (Å²) >= 11 is 5.78. The molecule has 2 heterocycles. The van der Waals surface area contributed by atoms with Gasteiger partial charge in [0.2, 0.25) is 0 Å². The van der Waals surface area contributed by atoms with Crippen LogP contribution in [0.15, 0.2) is 18.3 Å². The lowest BCUT2D eigenvalue weighted by molar-refractivity contribution is 0.396. The summed E-state index contributed by atoms with van der Waals surface area (Å²) in [5.74, 6) is 0.915. The molecule has 0 saturated carbocycles. The van der Waals surface area contributed by atoms with Crippen LogP contribution in [-0.2, 0) is 0 Å². The average molecular weight is 226 g/mol. The summed E-state index contributed by atoms with van der Waals surface area (Å²) in [6, 6.07) is 4.90. The van der Waals surface area contributed by atoms with Crippen LogP contribution in [0.3, 0.4) is 0 Å². The second kappa shape index (κ2) is 4.81. The minimum absolute atomic E-state index is 0.523. The zero-order valence-electron chi connectivity index (χ0n) is 8.83. The van der Waals surface area contributed by atoms with Gasteiger partial charge in [0.15, 0.2) is 0 Å². The highest BCUT2D eigenvalue weighted by molar-refractivity contribution is 6.30. The maximum absolute atomic E-state index is 5.78. The van der Waals surface area contributed by atoms with Crippen LogP contribution in [0, 0.1) is 0 Å². The van der Waals surface area contributed by atoms with Crippen molar-refractivity contribution in [2.24, 2.45) is 0 Å². The normalized spacial score (nSPS) is 26.3. The van der Waals surface area contributed by atoms with Crippen LogP contribution >= 0.6 is 11.6 Å². The van der Waals surface area contributed by atoms with Crippen LogP contribution in [-0.4, -0.2) is 23.6 Å². The van der Waals surface area contributed by atoms with E-state index >= 15 is 0 Å². The first-order valence-electron chi connectivity index (χ1n) is 5.35. The molecular weight excluding hydrogens is 210 g/mol. The molecule has 1 aromatic rings. The second-order valence-electron chi connectivity index (χ2n) is 4.08. The van der Waals surface area contributed by atoms with Gasteiger partial charge in [0.05, 0.1) is 5.02 Å². The molecule has 0 amide bonds. The smallest absolute Gasteiger partial charge is 0.126 e. The van der Waals surface area contributed by atoms with Crippen molar-refractivity contribution >= 4 is 17.4 Å². The first kappa shape index (κ1) is 10.7. The van der Waals surface area contributed by atoms with Gasteiger partial charge in [0, 0.05) is 18.3 Å². The van der Waals surface area contributed by atoms with Gasteiger partial charge in [-0.3, -0.25) is 0 Å². The van der Waals surface area contributed by atoms with E-state index in [4.69, 9.17) is 11.6 Å². The minimum Gasteiger partial charge on any atom is -0.367 e. The average Bonchev–Trinajstić information content (AvgIpc) is 2.22. The second-order valence-corrected chi connectivity index (χ2v) is 4.52. The van der Waals surface area contributed by atoms with Gasteiger partial charge in [0.25, 0.3) is 0 Å². The molecule has 3 nitrogen and oxygen atoms in total. The number of hydrogen-bond acceptors (Lipinski definition) is 3. The molecule has 2 unspecified atom stereocenters. The molecule has 82 valence electrons. The lowest BCUT2D eigenvalue weighted by Crippen LogP contribution is -2.41. The van der Waals surface area contributed by atoms with E-state index in [0.717, 1.165) is 25.2 Å². The third-order valence-corrected chi connectivity index (χ3v) is 2.93. The van der Waals surface area contributed by atoms with Crippen molar-refractivity contribution < 1.29 is 0 Å². The van der Waals surface area contributed by atoms with Crippen molar-refractivity contribution in [2.45, 2.75) is 31.8 Å². The molecule has 2 N–H and O–H groups in total. The number of aromatic nitrogens is 1. The SMILES string of the molecule is CC1CC(Nc2ccc(Cl)cn2)CCN1. The Balaban J connectivity index is 1.93. The molecule has 2 rings (SSSR count). The summed E-state index contributed by atoms with van der Waals surface area (Å²) in [5, 5.41) is 7.53. The van der Waals surface area contributed by atoms with Crippen molar-refractivity contribution in [3.63, 3.8) is 0 Å². The summed E-state index contributed by atoms with van der Waals surface area (Å²) in [6.45, 7) is 3.29. The van der Waals surface area contributed by atoms with E-state index in [1.54, 1.807) is 6.20 Å². The number of nitrogens with one attached hydrogen (secondary N) is 2. The molecule has 1 saturated heterocycles. The third-order valence-electron chi connectivity index (χ3n) is 2.70. The fraction of sp³-hybridized carbons (Fsp3) is 0.545. The molecule has 0 aromatic carbocycles. The Hall–Kier alpha value is -0.800. The molecule has 0 aliphatic carbocycles.